The van der Waals surface area contributed by atoms with Crippen molar-refractivity contribution in [3.8, 4) is 5.75 Å². The highest BCUT2D eigenvalue weighted by Crippen LogP contribution is 2.33. The Hall–Kier alpha value is -1.89. The molecule has 0 heterocycles. The van der Waals surface area contributed by atoms with Crippen LogP contribution in [0.4, 0.5) is 15.8 Å². The number of hydrogen-bond acceptors (Lipinski definition) is 5. The molecule has 0 unspecified atom stereocenters. The number of nitrogens with zero attached hydrogens (tertiary/aromatic N) is 1. The fraction of sp³-hybridized carbons (Fsp3) is 0.538. The van der Waals surface area contributed by atoms with Gasteiger partial charge in [0.2, 0.25) is 0 Å². The zero-order valence-corrected chi connectivity index (χ0v) is 11.1. The lowest BCUT2D eigenvalue weighted by Crippen LogP contribution is -2.22. The van der Waals surface area contributed by atoms with Gasteiger partial charge in [-0.05, 0) is 12.8 Å². The molecule has 0 spiro atoms. The summed E-state index contributed by atoms with van der Waals surface area (Å²) in [4.78, 5) is 10.3. The second-order valence-corrected chi connectivity index (χ2v) is 4.90. The molecule has 2 rings (SSSR count). The summed E-state index contributed by atoms with van der Waals surface area (Å²) >= 11 is 0. The Kier molecular flexibility index (Phi) is 4.39. The molecule has 1 saturated carbocycles. The van der Waals surface area contributed by atoms with Crippen LogP contribution in [0.1, 0.15) is 19.3 Å². The number of aliphatic hydroxyl groups excluding tert-OH is 1. The minimum Gasteiger partial charge on any atom is -0.494 e. The number of anilines is 1. The van der Waals surface area contributed by atoms with E-state index in [2.05, 4.69) is 5.32 Å². The number of nitrogens with one attached hydrogen (secondary N) is 1. The van der Waals surface area contributed by atoms with E-state index in [1.54, 1.807) is 0 Å². The first-order valence-corrected chi connectivity index (χ1v) is 6.46. The van der Waals surface area contributed by atoms with Gasteiger partial charge in [-0.1, -0.05) is 6.42 Å². The summed E-state index contributed by atoms with van der Waals surface area (Å²) in [5.74, 6) is -0.763. The number of benzene rings is 1. The maximum absolute atomic E-state index is 13.5. The second kappa shape index (κ2) is 6.04. The number of nitro groups is 1. The third-order valence-electron chi connectivity index (χ3n) is 3.64. The molecule has 0 radical (unpaired) electrons. The Balaban J connectivity index is 2.18. The topological polar surface area (TPSA) is 84.6 Å². The zero-order chi connectivity index (χ0) is 14.7. The quantitative estimate of drug-likeness (QED) is 0.640. The monoisotopic (exact) mass is 284 g/mol. The van der Waals surface area contributed by atoms with Gasteiger partial charge in [0.1, 0.15) is 5.69 Å². The van der Waals surface area contributed by atoms with Crippen molar-refractivity contribution < 1.29 is 19.2 Å². The van der Waals surface area contributed by atoms with Gasteiger partial charge < -0.3 is 15.2 Å². The van der Waals surface area contributed by atoms with Crippen molar-refractivity contribution in [3.63, 3.8) is 0 Å². The van der Waals surface area contributed by atoms with E-state index in [1.165, 1.54) is 13.2 Å². The Bertz CT molecular complexity index is 509. The highest BCUT2D eigenvalue weighted by molar-refractivity contribution is 5.64. The van der Waals surface area contributed by atoms with Gasteiger partial charge >= 0.3 is 0 Å². The molecule has 2 atom stereocenters. The fourth-order valence-corrected chi connectivity index (χ4v) is 2.49. The SMILES string of the molecule is COc1cc(NC[C@H]2CCC[C@@H]2O)c([N+](=O)[O-])cc1F. The third-order valence-corrected chi connectivity index (χ3v) is 3.64. The van der Waals surface area contributed by atoms with E-state index in [0.717, 1.165) is 25.3 Å². The summed E-state index contributed by atoms with van der Waals surface area (Å²) in [5, 5.41) is 23.6. The maximum Gasteiger partial charge on any atom is 0.295 e. The van der Waals surface area contributed by atoms with Crippen molar-refractivity contribution in [3.05, 3.63) is 28.1 Å². The summed E-state index contributed by atoms with van der Waals surface area (Å²) in [7, 11) is 1.30. The smallest absolute Gasteiger partial charge is 0.295 e. The molecule has 0 saturated heterocycles. The molecule has 20 heavy (non-hydrogen) atoms. The zero-order valence-electron chi connectivity index (χ0n) is 11.1. The van der Waals surface area contributed by atoms with E-state index in [-0.39, 0.29) is 29.1 Å². The molecule has 0 bridgehead atoms. The summed E-state index contributed by atoms with van der Waals surface area (Å²) in [6.07, 6.45) is 2.19. The molecular formula is C13H17FN2O4. The summed E-state index contributed by atoms with van der Waals surface area (Å²) in [6.45, 7) is 0.413. The first kappa shape index (κ1) is 14.5. The minimum atomic E-state index is -0.773. The van der Waals surface area contributed by atoms with Crippen LogP contribution in [0.3, 0.4) is 0 Å². The molecule has 1 fully saturated rings. The predicted molar refractivity (Wildman–Crippen MR) is 71.4 cm³/mol. The van der Waals surface area contributed by atoms with Crippen molar-refractivity contribution in [2.45, 2.75) is 25.4 Å². The fourth-order valence-electron chi connectivity index (χ4n) is 2.49. The molecule has 0 amide bonds. The third kappa shape index (κ3) is 2.98. The lowest BCUT2D eigenvalue weighted by atomic mass is 10.1. The molecular weight excluding hydrogens is 267 g/mol. The molecule has 1 aromatic rings. The Morgan fingerprint density at radius 3 is 2.85 bits per heavy atom. The van der Waals surface area contributed by atoms with Crippen LogP contribution in [0.25, 0.3) is 0 Å². The van der Waals surface area contributed by atoms with Crippen LogP contribution in [0.2, 0.25) is 0 Å². The van der Waals surface area contributed by atoms with E-state index < -0.39 is 10.7 Å². The molecule has 6 nitrogen and oxygen atoms in total. The Morgan fingerprint density at radius 1 is 1.55 bits per heavy atom. The van der Waals surface area contributed by atoms with Gasteiger partial charge in [-0.15, -0.1) is 0 Å². The van der Waals surface area contributed by atoms with Crippen LogP contribution in [0.15, 0.2) is 12.1 Å². The molecule has 1 aliphatic carbocycles. The Morgan fingerprint density at radius 2 is 2.30 bits per heavy atom. The van der Waals surface area contributed by atoms with Crippen LogP contribution in [0, 0.1) is 21.8 Å². The molecule has 1 aromatic carbocycles. The minimum absolute atomic E-state index is 0.0509. The highest BCUT2D eigenvalue weighted by atomic mass is 19.1. The van der Waals surface area contributed by atoms with E-state index in [4.69, 9.17) is 4.74 Å². The molecule has 0 aliphatic heterocycles. The predicted octanol–water partition coefficient (Wildman–Crippen LogP) is 2.32. The maximum atomic E-state index is 13.5. The van der Waals surface area contributed by atoms with Gasteiger partial charge in [-0.25, -0.2) is 4.39 Å². The average Bonchev–Trinajstić information content (AvgIpc) is 2.82. The van der Waals surface area contributed by atoms with Crippen molar-refractivity contribution in [1.82, 2.24) is 0 Å². The normalized spacial score (nSPS) is 21.8. The molecule has 110 valence electrons. The lowest BCUT2D eigenvalue weighted by Gasteiger charge is -2.16. The van der Waals surface area contributed by atoms with Crippen LogP contribution < -0.4 is 10.1 Å². The summed E-state index contributed by atoms with van der Waals surface area (Å²) < 4.78 is 18.3. The standard InChI is InChI=1S/C13H17FN2O4/c1-20-13-6-10(11(16(18)19)5-9(13)14)15-7-8-3-2-4-12(8)17/h5-6,8,12,15,17H,2-4,7H2,1H3/t8-,12+/m1/s1. The van der Waals surface area contributed by atoms with Gasteiger partial charge in [0, 0.05) is 18.5 Å². The van der Waals surface area contributed by atoms with E-state index in [9.17, 15) is 19.6 Å². The molecule has 0 aromatic heterocycles. The molecule has 1 aliphatic rings. The van der Waals surface area contributed by atoms with Crippen LogP contribution in [-0.4, -0.2) is 29.8 Å². The van der Waals surface area contributed by atoms with Crippen molar-refractivity contribution in [1.29, 1.82) is 0 Å². The number of nitro benzene ring substituents is 1. The lowest BCUT2D eigenvalue weighted by molar-refractivity contribution is -0.384. The Labute approximate surface area is 115 Å². The number of methoxy groups -OCH3 is 1. The molecule has 7 heteroatoms. The van der Waals surface area contributed by atoms with Crippen LogP contribution in [-0.2, 0) is 0 Å². The van der Waals surface area contributed by atoms with Crippen molar-refractivity contribution in [2.24, 2.45) is 5.92 Å². The van der Waals surface area contributed by atoms with Crippen molar-refractivity contribution in [2.75, 3.05) is 19.0 Å². The largest absolute Gasteiger partial charge is 0.494 e. The highest BCUT2D eigenvalue weighted by Gasteiger charge is 2.26. The summed E-state index contributed by atoms with van der Waals surface area (Å²) in [6, 6.07) is 2.11. The van der Waals surface area contributed by atoms with E-state index >= 15 is 0 Å². The van der Waals surface area contributed by atoms with Crippen molar-refractivity contribution >= 4 is 11.4 Å². The number of ether oxygens (including phenoxy) is 1. The first-order chi connectivity index (χ1) is 9.52. The van der Waals surface area contributed by atoms with Gasteiger partial charge in [-0.3, -0.25) is 10.1 Å². The number of aliphatic hydroxyl groups is 1. The van der Waals surface area contributed by atoms with Gasteiger partial charge in [0.15, 0.2) is 11.6 Å². The van der Waals surface area contributed by atoms with Gasteiger partial charge in [0.05, 0.1) is 24.2 Å². The summed E-state index contributed by atoms with van der Waals surface area (Å²) in [5.41, 5.74) is -0.136. The van der Waals surface area contributed by atoms with E-state index in [1.807, 2.05) is 0 Å². The van der Waals surface area contributed by atoms with Crippen LogP contribution >= 0.6 is 0 Å². The van der Waals surface area contributed by atoms with Gasteiger partial charge in [0.25, 0.3) is 5.69 Å². The van der Waals surface area contributed by atoms with E-state index in [0.29, 0.717) is 6.54 Å². The van der Waals surface area contributed by atoms with Gasteiger partial charge in [-0.2, -0.15) is 0 Å². The average molecular weight is 284 g/mol. The number of halogens is 1. The molecule has 2 N–H and O–H groups in total. The second-order valence-electron chi connectivity index (χ2n) is 4.90. The van der Waals surface area contributed by atoms with Crippen LogP contribution in [0.5, 0.6) is 5.75 Å². The number of rotatable bonds is 5. The first-order valence-electron chi connectivity index (χ1n) is 6.46. The number of hydrogen-bond donors (Lipinski definition) is 2.